The van der Waals surface area contributed by atoms with Gasteiger partial charge in [-0.05, 0) is 87.5 Å². The van der Waals surface area contributed by atoms with Crippen LogP contribution in [0.25, 0.3) is 33.1 Å². The lowest BCUT2D eigenvalue weighted by molar-refractivity contribution is 0.0946. The number of aromatic nitrogens is 4. The predicted octanol–water partition coefficient (Wildman–Crippen LogP) is 4.14. The van der Waals surface area contributed by atoms with Crippen molar-refractivity contribution in [2.45, 2.75) is 38.0 Å². The third-order valence-corrected chi connectivity index (χ3v) is 7.29. The number of aromatic amines is 1. The molecule has 2 bridgehead atoms. The van der Waals surface area contributed by atoms with Gasteiger partial charge in [0.25, 0.3) is 5.91 Å². The van der Waals surface area contributed by atoms with Gasteiger partial charge in [-0.2, -0.15) is 5.10 Å². The van der Waals surface area contributed by atoms with Crippen LogP contribution in [0, 0.1) is 6.92 Å². The minimum atomic E-state index is -0.142. The van der Waals surface area contributed by atoms with E-state index < -0.39 is 0 Å². The molecular formula is C26H28N6O. The van der Waals surface area contributed by atoms with E-state index in [0.29, 0.717) is 24.1 Å². The summed E-state index contributed by atoms with van der Waals surface area (Å²) in [6.07, 6.45) is 5.48. The number of fused-ring (bicyclic) bond motifs is 9. The molecule has 2 unspecified atom stereocenters. The maximum atomic E-state index is 12.5. The van der Waals surface area contributed by atoms with Crippen LogP contribution >= 0.6 is 0 Å². The second-order valence-electron chi connectivity index (χ2n) is 9.69. The fraction of sp³-hybridized carbons (Fsp3) is 0.385. The summed E-state index contributed by atoms with van der Waals surface area (Å²) < 4.78 is 0. The maximum absolute atomic E-state index is 12.5. The molecular weight excluding hydrogens is 412 g/mol. The van der Waals surface area contributed by atoms with E-state index in [4.69, 9.17) is 4.98 Å². The van der Waals surface area contributed by atoms with Crippen molar-refractivity contribution in [1.82, 2.24) is 30.4 Å². The van der Waals surface area contributed by atoms with Crippen molar-refractivity contribution >= 4 is 27.7 Å². The standard InChI is InChI=1S/C26H28N6O/c1-14-21-19(31-30-14)9-8-18-24(21)22-15-4-5-16(12-15)23(22)25(29-18)17-6-7-20(28-13-17)26(33)27-10-11-32(2)3/h6-9,13,15-16H,4-5,10-12H2,1-3H3,(H,27,33)(H,30,31). The van der Waals surface area contributed by atoms with Crippen LogP contribution in [0.15, 0.2) is 30.5 Å². The molecule has 33 heavy (non-hydrogen) atoms. The molecule has 0 aliphatic heterocycles. The molecule has 3 heterocycles. The summed E-state index contributed by atoms with van der Waals surface area (Å²) in [6, 6.07) is 7.95. The third-order valence-electron chi connectivity index (χ3n) is 7.29. The van der Waals surface area contributed by atoms with E-state index in [1.807, 2.05) is 37.3 Å². The van der Waals surface area contributed by atoms with Crippen LogP contribution in [0.1, 0.15) is 58.4 Å². The molecule has 2 aliphatic rings. The normalized spacial score (nSPS) is 19.0. The average Bonchev–Trinajstić information content (AvgIpc) is 3.54. The monoisotopic (exact) mass is 440 g/mol. The van der Waals surface area contributed by atoms with Gasteiger partial charge in [0.15, 0.2) is 0 Å². The first-order valence-corrected chi connectivity index (χ1v) is 11.7. The molecule has 3 aromatic heterocycles. The summed E-state index contributed by atoms with van der Waals surface area (Å²) in [5, 5.41) is 13.1. The number of nitrogens with one attached hydrogen (secondary N) is 2. The van der Waals surface area contributed by atoms with E-state index in [1.54, 1.807) is 0 Å². The number of carbonyl (C=O) groups is 1. The zero-order valence-corrected chi connectivity index (χ0v) is 19.3. The van der Waals surface area contributed by atoms with Crippen molar-refractivity contribution in [3.05, 3.63) is 53.0 Å². The van der Waals surface area contributed by atoms with Crippen LogP contribution in [0.3, 0.4) is 0 Å². The number of pyridine rings is 2. The van der Waals surface area contributed by atoms with Crippen molar-refractivity contribution < 1.29 is 4.79 Å². The first-order chi connectivity index (χ1) is 16.0. The summed E-state index contributed by atoms with van der Waals surface area (Å²) in [6.45, 7) is 3.48. The van der Waals surface area contributed by atoms with Crippen molar-refractivity contribution in [3.8, 4) is 11.3 Å². The second-order valence-corrected chi connectivity index (χ2v) is 9.69. The number of benzene rings is 1. The van der Waals surface area contributed by atoms with Gasteiger partial charge in [-0.15, -0.1) is 0 Å². The quantitative estimate of drug-likeness (QED) is 0.487. The second kappa shape index (κ2) is 7.63. The van der Waals surface area contributed by atoms with Gasteiger partial charge in [0, 0.05) is 41.3 Å². The molecule has 4 aromatic rings. The summed E-state index contributed by atoms with van der Waals surface area (Å²) >= 11 is 0. The van der Waals surface area contributed by atoms with Crippen LogP contribution in [-0.2, 0) is 0 Å². The van der Waals surface area contributed by atoms with Crippen LogP contribution < -0.4 is 5.32 Å². The molecule has 1 aromatic carbocycles. The highest BCUT2D eigenvalue weighted by atomic mass is 16.1. The smallest absolute Gasteiger partial charge is 0.269 e. The molecule has 7 nitrogen and oxygen atoms in total. The Morgan fingerprint density at radius 1 is 1.09 bits per heavy atom. The largest absolute Gasteiger partial charge is 0.349 e. The molecule has 2 atom stereocenters. The topological polar surface area (TPSA) is 86.8 Å². The molecule has 1 fully saturated rings. The van der Waals surface area contributed by atoms with E-state index in [-0.39, 0.29) is 5.91 Å². The van der Waals surface area contributed by atoms with Gasteiger partial charge in [-0.25, -0.2) is 4.98 Å². The summed E-state index contributed by atoms with van der Waals surface area (Å²) in [4.78, 5) is 24.1. The lowest BCUT2D eigenvalue weighted by atomic mass is 9.85. The lowest BCUT2D eigenvalue weighted by Gasteiger charge is -2.21. The molecule has 168 valence electrons. The first kappa shape index (κ1) is 20.3. The highest BCUT2D eigenvalue weighted by Crippen LogP contribution is 2.57. The van der Waals surface area contributed by atoms with Crippen molar-refractivity contribution in [2.75, 3.05) is 27.2 Å². The van der Waals surface area contributed by atoms with Gasteiger partial charge >= 0.3 is 0 Å². The van der Waals surface area contributed by atoms with E-state index in [9.17, 15) is 4.79 Å². The number of H-pyrrole nitrogens is 1. The molecule has 2 aliphatic carbocycles. The Bertz CT molecular complexity index is 1390. The Hall–Kier alpha value is -3.32. The van der Waals surface area contributed by atoms with Crippen LogP contribution in [0.2, 0.25) is 0 Å². The lowest BCUT2D eigenvalue weighted by Crippen LogP contribution is -2.31. The molecule has 0 saturated heterocycles. The summed E-state index contributed by atoms with van der Waals surface area (Å²) in [7, 11) is 3.97. The zero-order valence-electron chi connectivity index (χ0n) is 19.3. The predicted molar refractivity (Wildman–Crippen MR) is 130 cm³/mol. The summed E-state index contributed by atoms with van der Waals surface area (Å²) in [5.41, 5.74) is 8.41. The van der Waals surface area contributed by atoms with Crippen molar-refractivity contribution in [2.24, 2.45) is 0 Å². The Labute approximate surface area is 192 Å². The number of nitrogens with zero attached hydrogens (tertiary/aromatic N) is 4. The molecule has 2 N–H and O–H groups in total. The number of carbonyl (C=O) groups excluding carboxylic acids is 1. The summed E-state index contributed by atoms with van der Waals surface area (Å²) in [5.74, 6) is 0.995. The highest BCUT2D eigenvalue weighted by Gasteiger charge is 2.41. The van der Waals surface area contributed by atoms with Gasteiger partial charge in [-0.3, -0.25) is 14.9 Å². The molecule has 7 heteroatoms. The van der Waals surface area contributed by atoms with Gasteiger partial charge < -0.3 is 10.2 Å². The minimum Gasteiger partial charge on any atom is -0.349 e. The maximum Gasteiger partial charge on any atom is 0.269 e. The molecule has 0 spiro atoms. The Morgan fingerprint density at radius 2 is 1.88 bits per heavy atom. The molecule has 0 radical (unpaired) electrons. The number of amides is 1. The number of likely N-dealkylation sites (N-methyl/N-ethyl adjacent to an activating group) is 1. The zero-order chi connectivity index (χ0) is 22.7. The van der Waals surface area contributed by atoms with Crippen LogP contribution in [0.5, 0.6) is 0 Å². The van der Waals surface area contributed by atoms with Gasteiger partial charge in [0.1, 0.15) is 5.69 Å². The van der Waals surface area contributed by atoms with Gasteiger partial charge in [0.05, 0.1) is 16.7 Å². The molecule has 6 rings (SSSR count). The molecule has 1 amide bonds. The molecule has 1 saturated carbocycles. The van der Waals surface area contributed by atoms with Crippen LogP contribution in [0.4, 0.5) is 0 Å². The van der Waals surface area contributed by atoms with Crippen molar-refractivity contribution in [3.63, 3.8) is 0 Å². The number of aryl methyl sites for hydroxylation is 1. The number of rotatable bonds is 5. The van der Waals surface area contributed by atoms with Gasteiger partial charge in [-0.1, -0.05) is 0 Å². The SMILES string of the molecule is Cc1[nH]nc2ccc3nc(-c4ccc(C(=O)NCCN(C)C)nc4)c4c(c3c12)C1CCC4C1. The third kappa shape index (κ3) is 3.22. The van der Waals surface area contributed by atoms with E-state index in [1.165, 1.54) is 41.2 Å². The number of hydrogen-bond donors (Lipinski definition) is 2. The Morgan fingerprint density at radius 3 is 2.64 bits per heavy atom. The fourth-order valence-electron chi connectivity index (χ4n) is 5.78. The Kier molecular flexibility index (Phi) is 4.69. The van der Waals surface area contributed by atoms with Crippen LogP contribution in [-0.4, -0.2) is 58.2 Å². The van der Waals surface area contributed by atoms with E-state index >= 15 is 0 Å². The fourth-order valence-corrected chi connectivity index (χ4v) is 5.78. The minimum absolute atomic E-state index is 0.142. The van der Waals surface area contributed by atoms with Gasteiger partial charge in [0.2, 0.25) is 0 Å². The van der Waals surface area contributed by atoms with Crippen molar-refractivity contribution in [1.29, 1.82) is 0 Å². The Balaban J connectivity index is 1.44. The van der Waals surface area contributed by atoms with E-state index in [2.05, 4.69) is 39.6 Å². The first-order valence-electron chi connectivity index (χ1n) is 11.7. The highest BCUT2D eigenvalue weighted by molar-refractivity contribution is 6.09. The van der Waals surface area contributed by atoms with E-state index in [0.717, 1.165) is 34.5 Å². The average molecular weight is 441 g/mol. The number of hydrogen-bond acceptors (Lipinski definition) is 5.